The first-order chi connectivity index (χ1) is 21.0. The second-order valence-electron chi connectivity index (χ2n) is 12.8. The van der Waals surface area contributed by atoms with Crippen molar-refractivity contribution in [1.29, 1.82) is 0 Å². The van der Waals surface area contributed by atoms with E-state index in [2.05, 4.69) is 97.9 Å². The van der Waals surface area contributed by atoms with Crippen LogP contribution in [0.3, 0.4) is 0 Å². The molecule has 230 valence electrons. The summed E-state index contributed by atoms with van der Waals surface area (Å²) in [6.45, 7) is 14.3. The van der Waals surface area contributed by atoms with Gasteiger partial charge in [0.05, 0.1) is 0 Å². The molecule has 5 rings (SSSR count). The van der Waals surface area contributed by atoms with Gasteiger partial charge in [-0.1, -0.05) is 92.2 Å². The van der Waals surface area contributed by atoms with Crippen molar-refractivity contribution in [2.24, 2.45) is 0 Å². The van der Waals surface area contributed by atoms with E-state index in [4.69, 9.17) is 0 Å². The van der Waals surface area contributed by atoms with E-state index in [1.807, 2.05) is 41.0 Å². The Balaban J connectivity index is 1.16. The molecule has 0 N–H and O–H groups in total. The van der Waals surface area contributed by atoms with Crippen molar-refractivity contribution >= 4 is 23.6 Å². The van der Waals surface area contributed by atoms with Crippen molar-refractivity contribution in [2.45, 2.75) is 71.0 Å². The number of nitrogens with zero attached hydrogens (tertiary/aromatic N) is 5. The van der Waals surface area contributed by atoms with Crippen molar-refractivity contribution in [3.63, 3.8) is 0 Å². The minimum Gasteiger partial charge on any atom is -0.339 e. The number of amides is 2. The molecule has 8 heteroatoms. The summed E-state index contributed by atoms with van der Waals surface area (Å²) in [4.78, 5) is 30.2. The molecule has 1 saturated heterocycles. The van der Waals surface area contributed by atoms with E-state index in [1.165, 1.54) is 16.7 Å². The van der Waals surface area contributed by atoms with Crippen molar-refractivity contribution < 1.29 is 9.59 Å². The maximum absolute atomic E-state index is 13.3. The van der Waals surface area contributed by atoms with Gasteiger partial charge in [-0.2, -0.15) is 0 Å². The normalized spacial score (nSPS) is 15.5. The lowest BCUT2D eigenvalue weighted by molar-refractivity contribution is -0.133. The molecule has 2 heterocycles. The highest BCUT2D eigenvalue weighted by Gasteiger charge is 2.30. The van der Waals surface area contributed by atoms with Crippen LogP contribution < -0.4 is 0 Å². The summed E-state index contributed by atoms with van der Waals surface area (Å²) in [5.41, 5.74) is 6.37. The minimum absolute atomic E-state index is 0.0316. The summed E-state index contributed by atoms with van der Waals surface area (Å²) in [5.74, 6) is 1.73. The molecule has 1 aliphatic heterocycles. The van der Waals surface area contributed by atoms with Gasteiger partial charge in [-0.3, -0.25) is 14.2 Å². The lowest BCUT2D eigenvalue weighted by Crippen LogP contribution is -2.55. The molecular weight excluding hydrogens is 566 g/mol. The molecule has 0 bridgehead atoms. The first-order valence-electron chi connectivity index (χ1n) is 15.4. The summed E-state index contributed by atoms with van der Waals surface area (Å²) >= 11 is 1.62. The van der Waals surface area contributed by atoms with Crippen LogP contribution in [0.1, 0.15) is 67.6 Å². The number of benzene rings is 3. The Morgan fingerprint density at radius 2 is 1.50 bits per heavy atom. The van der Waals surface area contributed by atoms with E-state index in [0.717, 1.165) is 34.4 Å². The molecule has 0 radical (unpaired) electrons. The van der Waals surface area contributed by atoms with Crippen LogP contribution in [-0.2, 0) is 10.2 Å². The Bertz CT molecular complexity index is 1590. The number of rotatable bonds is 8. The summed E-state index contributed by atoms with van der Waals surface area (Å²) < 4.78 is 2.10. The number of carbonyl (C=O) groups is 2. The summed E-state index contributed by atoms with van der Waals surface area (Å²) in [6.07, 6.45) is 1.20. The third-order valence-corrected chi connectivity index (χ3v) is 9.26. The van der Waals surface area contributed by atoms with E-state index in [9.17, 15) is 9.59 Å². The van der Waals surface area contributed by atoms with Crippen molar-refractivity contribution in [1.82, 2.24) is 24.6 Å². The lowest BCUT2D eigenvalue weighted by Gasteiger charge is -2.40. The molecule has 0 saturated carbocycles. The van der Waals surface area contributed by atoms with Gasteiger partial charge in [-0.25, -0.2) is 0 Å². The third kappa shape index (κ3) is 7.24. The number of piperazine rings is 1. The average molecular weight is 610 g/mol. The van der Waals surface area contributed by atoms with Crippen LogP contribution in [-0.4, -0.2) is 67.8 Å². The molecule has 2 amide bonds. The molecule has 1 aromatic heterocycles. The second kappa shape index (κ2) is 13.4. The first kappa shape index (κ1) is 31.5. The Labute approximate surface area is 265 Å². The largest absolute Gasteiger partial charge is 0.339 e. The van der Waals surface area contributed by atoms with Gasteiger partial charge in [0.25, 0.3) is 5.91 Å². The van der Waals surface area contributed by atoms with Crippen LogP contribution in [0.5, 0.6) is 0 Å². The molecular formula is C36H43N5O2S. The Hall–Kier alpha value is -3.91. The molecule has 44 heavy (non-hydrogen) atoms. The lowest BCUT2D eigenvalue weighted by atomic mass is 9.86. The minimum atomic E-state index is -0.0369. The van der Waals surface area contributed by atoms with Gasteiger partial charge in [0, 0.05) is 54.7 Å². The van der Waals surface area contributed by atoms with Gasteiger partial charge in [-0.05, 0) is 62.4 Å². The fourth-order valence-electron chi connectivity index (χ4n) is 5.49. The Kier molecular flexibility index (Phi) is 9.59. The molecule has 4 aromatic rings. The van der Waals surface area contributed by atoms with Crippen LogP contribution >= 0.6 is 11.8 Å². The monoisotopic (exact) mass is 609 g/mol. The molecule has 0 spiro atoms. The third-order valence-electron chi connectivity index (χ3n) is 8.24. The van der Waals surface area contributed by atoms with Gasteiger partial charge in [-0.15, -0.1) is 10.2 Å². The summed E-state index contributed by atoms with van der Waals surface area (Å²) in [5, 5.41) is 9.91. The SMILES string of the molecule is Cc1ccc(-c2nnc(SCCCC(=O)N3CCN(C(=O)c4ccc(C(C)(C)C)cc4)C(C)C3)n2-c2ccc(C)cc2)cc1. The van der Waals surface area contributed by atoms with Gasteiger partial charge in [0.2, 0.25) is 5.91 Å². The van der Waals surface area contributed by atoms with Gasteiger partial charge in [0.1, 0.15) is 0 Å². The fourth-order valence-corrected chi connectivity index (χ4v) is 6.38. The van der Waals surface area contributed by atoms with Crippen molar-refractivity contribution in [3.8, 4) is 17.1 Å². The maximum Gasteiger partial charge on any atom is 0.254 e. The molecule has 3 aromatic carbocycles. The van der Waals surface area contributed by atoms with Gasteiger partial charge < -0.3 is 9.80 Å². The molecule has 1 unspecified atom stereocenters. The molecule has 1 aliphatic rings. The van der Waals surface area contributed by atoms with Crippen LogP contribution in [0, 0.1) is 13.8 Å². The van der Waals surface area contributed by atoms with Crippen LogP contribution in [0.4, 0.5) is 0 Å². The highest BCUT2D eigenvalue weighted by Crippen LogP contribution is 2.29. The van der Waals surface area contributed by atoms with E-state index >= 15 is 0 Å². The van der Waals surface area contributed by atoms with E-state index in [1.54, 1.807) is 11.8 Å². The van der Waals surface area contributed by atoms with E-state index in [0.29, 0.717) is 31.6 Å². The number of thioether (sulfide) groups is 1. The van der Waals surface area contributed by atoms with Crippen LogP contribution in [0.25, 0.3) is 17.1 Å². The summed E-state index contributed by atoms with van der Waals surface area (Å²) in [6, 6.07) is 24.6. The van der Waals surface area contributed by atoms with Gasteiger partial charge >= 0.3 is 0 Å². The molecule has 7 nitrogen and oxygen atoms in total. The number of aromatic nitrogens is 3. The van der Waals surface area contributed by atoms with Crippen LogP contribution in [0.2, 0.25) is 0 Å². The topological polar surface area (TPSA) is 71.3 Å². The standard InChI is InChI=1S/C36H43N5O2S/c1-25-9-13-28(14-10-25)33-37-38-35(41(33)31-19-11-26(2)12-20-31)44-23-7-8-32(42)39-21-22-40(27(3)24-39)34(43)29-15-17-30(18-16-29)36(4,5)6/h9-20,27H,7-8,21-24H2,1-6H3. The number of hydrogen-bond acceptors (Lipinski definition) is 5. The molecule has 1 fully saturated rings. The number of hydrogen-bond donors (Lipinski definition) is 0. The zero-order valence-electron chi connectivity index (χ0n) is 26.7. The quantitative estimate of drug-likeness (QED) is 0.158. The maximum atomic E-state index is 13.3. The number of aryl methyl sites for hydroxylation is 2. The molecule has 0 aliphatic carbocycles. The Morgan fingerprint density at radius 3 is 2.11 bits per heavy atom. The zero-order chi connectivity index (χ0) is 31.4. The number of carbonyl (C=O) groups excluding carboxylic acids is 2. The van der Waals surface area contributed by atoms with E-state index in [-0.39, 0.29) is 23.3 Å². The molecule has 1 atom stereocenters. The Morgan fingerprint density at radius 1 is 0.864 bits per heavy atom. The average Bonchev–Trinajstić information content (AvgIpc) is 3.43. The second-order valence-corrected chi connectivity index (χ2v) is 13.9. The van der Waals surface area contributed by atoms with Crippen LogP contribution in [0.15, 0.2) is 78.0 Å². The zero-order valence-corrected chi connectivity index (χ0v) is 27.5. The first-order valence-corrected chi connectivity index (χ1v) is 16.4. The summed E-state index contributed by atoms with van der Waals surface area (Å²) in [7, 11) is 0. The smallest absolute Gasteiger partial charge is 0.254 e. The van der Waals surface area contributed by atoms with Gasteiger partial charge in [0.15, 0.2) is 11.0 Å². The predicted octanol–water partition coefficient (Wildman–Crippen LogP) is 7.09. The highest BCUT2D eigenvalue weighted by atomic mass is 32.2. The van der Waals surface area contributed by atoms with E-state index < -0.39 is 0 Å². The fraction of sp³-hybridized carbons (Fsp3) is 0.389. The predicted molar refractivity (Wildman–Crippen MR) is 178 cm³/mol. The van der Waals surface area contributed by atoms with Crippen molar-refractivity contribution in [2.75, 3.05) is 25.4 Å². The highest BCUT2D eigenvalue weighted by molar-refractivity contribution is 7.99. The van der Waals surface area contributed by atoms with Crippen molar-refractivity contribution in [3.05, 3.63) is 95.1 Å².